The highest BCUT2D eigenvalue weighted by atomic mass is 35.5. The van der Waals surface area contributed by atoms with Gasteiger partial charge in [-0.05, 0) is 24.6 Å². The summed E-state index contributed by atoms with van der Waals surface area (Å²) < 4.78 is 7.13. The van der Waals surface area contributed by atoms with Gasteiger partial charge in [0.05, 0.1) is 6.20 Å². The molecule has 27 heavy (non-hydrogen) atoms. The number of amides is 1. The van der Waals surface area contributed by atoms with Gasteiger partial charge in [0.25, 0.3) is 5.91 Å². The van der Waals surface area contributed by atoms with E-state index >= 15 is 0 Å². The lowest BCUT2D eigenvalue weighted by Crippen LogP contribution is -2.22. The Morgan fingerprint density at radius 2 is 2.04 bits per heavy atom. The highest BCUT2D eigenvalue weighted by Gasteiger charge is 2.14. The number of rotatable bonds is 5. The van der Waals surface area contributed by atoms with Gasteiger partial charge in [-0.2, -0.15) is 0 Å². The Morgan fingerprint density at radius 1 is 1.26 bits per heavy atom. The zero-order valence-electron chi connectivity index (χ0n) is 14.9. The van der Waals surface area contributed by atoms with Crippen molar-refractivity contribution in [3.8, 4) is 5.75 Å². The minimum Gasteiger partial charge on any atom is -0.483 e. The van der Waals surface area contributed by atoms with E-state index in [0.717, 1.165) is 11.1 Å². The van der Waals surface area contributed by atoms with Crippen molar-refractivity contribution in [3.05, 3.63) is 86.9 Å². The van der Waals surface area contributed by atoms with Gasteiger partial charge in [0.2, 0.25) is 5.43 Å². The summed E-state index contributed by atoms with van der Waals surface area (Å²) in [7, 11) is 1.67. The number of nitrogens with one attached hydrogen (secondary N) is 1. The summed E-state index contributed by atoms with van der Waals surface area (Å²) in [5, 5.41) is 3.28. The van der Waals surface area contributed by atoms with E-state index in [9.17, 15) is 9.59 Å². The van der Waals surface area contributed by atoms with E-state index in [1.807, 2.05) is 31.2 Å². The molecule has 0 aliphatic carbocycles. The number of benzene rings is 1. The molecule has 138 valence electrons. The number of aryl methyl sites for hydroxylation is 2. The molecule has 0 unspecified atom stereocenters. The van der Waals surface area contributed by atoms with Crippen LogP contribution in [0.4, 0.5) is 5.82 Å². The number of nitrogens with zero attached hydrogens (tertiary/aromatic N) is 2. The number of ether oxygens (including phenoxy) is 1. The van der Waals surface area contributed by atoms with Crippen LogP contribution in [0.25, 0.3) is 0 Å². The number of carbonyl (C=O) groups excluding carboxylic acids is 1. The minimum absolute atomic E-state index is 0.142. The Morgan fingerprint density at radius 3 is 2.78 bits per heavy atom. The second-order valence-corrected chi connectivity index (χ2v) is 6.41. The molecule has 0 saturated carbocycles. The Hall–Kier alpha value is -3.12. The van der Waals surface area contributed by atoms with Gasteiger partial charge in [-0.1, -0.05) is 35.9 Å². The number of anilines is 1. The van der Waals surface area contributed by atoms with Crippen LogP contribution in [0, 0.1) is 6.92 Å². The van der Waals surface area contributed by atoms with Crippen LogP contribution < -0.4 is 15.5 Å². The molecule has 0 aliphatic heterocycles. The Balaban J connectivity index is 1.78. The van der Waals surface area contributed by atoms with Crippen molar-refractivity contribution in [2.45, 2.75) is 13.5 Å². The van der Waals surface area contributed by atoms with Gasteiger partial charge in [0, 0.05) is 29.9 Å². The lowest BCUT2D eigenvalue weighted by Gasteiger charge is -2.13. The molecule has 0 atom stereocenters. The fourth-order valence-corrected chi connectivity index (χ4v) is 2.69. The van der Waals surface area contributed by atoms with Crippen LogP contribution in [0.3, 0.4) is 0 Å². The van der Waals surface area contributed by atoms with Crippen LogP contribution in [0.1, 0.15) is 21.6 Å². The Kier molecular flexibility index (Phi) is 5.57. The standard InChI is InChI=1S/C20H18ClN3O3/c1-13-6-5-9-22-19(13)23-20(26)16-10-17(25)18(11-24(16)2)27-12-14-7-3-4-8-15(14)21/h3-11H,12H2,1-2H3,(H,22,23,26). The number of hydrogen-bond donors (Lipinski definition) is 1. The second-order valence-electron chi connectivity index (χ2n) is 6.00. The fourth-order valence-electron chi connectivity index (χ4n) is 2.50. The molecule has 2 aromatic heterocycles. The molecule has 6 nitrogen and oxygen atoms in total. The van der Waals surface area contributed by atoms with E-state index in [-0.39, 0.29) is 23.5 Å². The third kappa shape index (κ3) is 4.35. The van der Waals surface area contributed by atoms with E-state index in [4.69, 9.17) is 16.3 Å². The third-order valence-corrected chi connectivity index (χ3v) is 4.39. The normalized spacial score (nSPS) is 10.5. The van der Waals surface area contributed by atoms with E-state index in [0.29, 0.717) is 10.8 Å². The summed E-state index contributed by atoms with van der Waals surface area (Å²) in [4.78, 5) is 29.0. The van der Waals surface area contributed by atoms with Crippen LogP contribution >= 0.6 is 11.6 Å². The van der Waals surface area contributed by atoms with Gasteiger partial charge >= 0.3 is 0 Å². The zero-order valence-corrected chi connectivity index (χ0v) is 15.7. The van der Waals surface area contributed by atoms with Gasteiger partial charge in [-0.25, -0.2) is 4.98 Å². The number of hydrogen-bond acceptors (Lipinski definition) is 4. The molecule has 0 bridgehead atoms. The van der Waals surface area contributed by atoms with Gasteiger partial charge in [0.15, 0.2) is 5.75 Å². The van der Waals surface area contributed by atoms with E-state index in [1.54, 1.807) is 25.4 Å². The summed E-state index contributed by atoms with van der Waals surface area (Å²) in [6.45, 7) is 2.00. The predicted octanol–water partition coefficient (Wildman–Crippen LogP) is 3.57. The molecule has 0 saturated heterocycles. The topological polar surface area (TPSA) is 73.2 Å². The average Bonchev–Trinajstić information content (AvgIpc) is 2.65. The molecule has 0 radical (unpaired) electrons. The summed E-state index contributed by atoms with van der Waals surface area (Å²) in [6, 6.07) is 12.1. The van der Waals surface area contributed by atoms with E-state index < -0.39 is 5.91 Å². The molecule has 7 heteroatoms. The molecular weight excluding hydrogens is 366 g/mol. The Bertz CT molecular complexity index is 1050. The zero-order chi connectivity index (χ0) is 19.4. The van der Waals surface area contributed by atoms with Crippen molar-refractivity contribution in [2.75, 3.05) is 5.32 Å². The molecule has 0 spiro atoms. The van der Waals surface area contributed by atoms with E-state index in [2.05, 4.69) is 10.3 Å². The molecule has 2 heterocycles. The predicted molar refractivity (Wildman–Crippen MR) is 104 cm³/mol. The molecule has 3 rings (SSSR count). The smallest absolute Gasteiger partial charge is 0.273 e. The maximum Gasteiger partial charge on any atom is 0.273 e. The first-order chi connectivity index (χ1) is 13.0. The van der Waals surface area contributed by atoms with Gasteiger partial charge in [0.1, 0.15) is 18.1 Å². The first-order valence-electron chi connectivity index (χ1n) is 8.25. The molecule has 0 aliphatic rings. The number of aromatic nitrogens is 2. The van der Waals surface area contributed by atoms with Gasteiger partial charge in [-0.3, -0.25) is 9.59 Å². The SMILES string of the molecule is Cc1cccnc1NC(=O)c1cc(=O)c(OCc2ccccc2Cl)cn1C. The highest BCUT2D eigenvalue weighted by molar-refractivity contribution is 6.31. The molecular formula is C20H18ClN3O3. The van der Waals surface area contributed by atoms with Crippen molar-refractivity contribution < 1.29 is 9.53 Å². The summed E-state index contributed by atoms with van der Waals surface area (Å²) >= 11 is 6.10. The second kappa shape index (κ2) is 8.05. The fraction of sp³-hybridized carbons (Fsp3) is 0.150. The number of pyridine rings is 2. The van der Waals surface area contributed by atoms with Crippen molar-refractivity contribution in [1.29, 1.82) is 0 Å². The summed E-state index contributed by atoms with van der Waals surface area (Å²) in [5.41, 5.74) is 1.42. The summed E-state index contributed by atoms with van der Waals surface area (Å²) in [6.07, 6.45) is 3.08. The first kappa shape index (κ1) is 18.7. The largest absolute Gasteiger partial charge is 0.483 e. The number of halogens is 1. The maximum atomic E-state index is 12.5. The highest BCUT2D eigenvalue weighted by Crippen LogP contribution is 2.17. The van der Waals surface area contributed by atoms with Crippen LogP contribution in [0.2, 0.25) is 5.02 Å². The molecule has 1 amide bonds. The van der Waals surface area contributed by atoms with Crippen molar-refractivity contribution in [2.24, 2.45) is 7.05 Å². The first-order valence-corrected chi connectivity index (χ1v) is 8.63. The molecule has 3 aromatic rings. The van der Waals surface area contributed by atoms with Crippen LogP contribution in [-0.2, 0) is 13.7 Å². The summed E-state index contributed by atoms with van der Waals surface area (Å²) in [5.74, 6) is 0.172. The van der Waals surface area contributed by atoms with Crippen molar-refractivity contribution >= 4 is 23.3 Å². The van der Waals surface area contributed by atoms with Crippen LogP contribution in [0.5, 0.6) is 5.75 Å². The van der Waals surface area contributed by atoms with Crippen LogP contribution in [-0.4, -0.2) is 15.5 Å². The minimum atomic E-state index is -0.422. The molecule has 1 aromatic carbocycles. The average molecular weight is 384 g/mol. The quantitative estimate of drug-likeness (QED) is 0.731. The van der Waals surface area contributed by atoms with Gasteiger partial charge < -0.3 is 14.6 Å². The molecule has 1 N–H and O–H groups in total. The van der Waals surface area contributed by atoms with Gasteiger partial charge in [-0.15, -0.1) is 0 Å². The van der Waals surface area contributed by atoms with Crippen molar-refractivity contribution in [3.63, 3.8) is 0 Å². The Labute approximate surface area is 161 Å². The number of carbonyl (C=O) groups is 1. The monoisotopic (exact) mass is 383 g/mol. The third-order valence-electron chi connectivity index (χ3n) is 4.02. The maximum absolute atomic E-state index is 12.5. The molecule has 0 fully saturated rings. The van der Waals surface area contributed by atoms with Crippen molar-refractivity contribution in [1.82, 2.24) is 9.55 Å². The van der Waals surface area contributed by atoms with E-state index in [1.165, 1.54) is 16.8 Å². The van der Waals surface area contributed by atoms with Crippen LogP contribution in [0.15, 0.2) is 59.7 Å². The lowest BCUT2D eigenvalue weighted by atomic mass is 10.2. The lowest BCUT2D eigenvalue weighted by molar-refractivity contribution is 0.101.